The molecule has 0 aliphatic heterocycles. The second-order valence-corrected chi connectivity index (χ2v) is 7.46. The monoisotopic (exact) mass is 420 g/mol. The number of carboxylic acid groups (broad SMARTS) is 1. The summed E-state index contributed by atoms with van der Waals surface area (Å²) in [4.78, 5) is 25.1. The number of imidazole rings is 1. The van der Waals surface area contributed by atoms with E-state index in [0.29, 0.717) is 27.7 Å². The SMILES string of the molecule is CCCCc1nc2c(Cl)nc(C)nc2n1-c1ccc(-c2ccccc2C(=O)O)cc1. The topological polar surface area (TPSA) is 80.9 Å². The van der Waals surface area contributed by atoms with E-state index >= 15 is 0 Å². The lowest BCUT2D eigenvalue weighted by Crippen LogP contribution is -2.03. The highest BCUT2D eigenvalue weighted by atomic mass is 35.5. The molecule has 0 aliphatic rings. The molecule has 0 spiro atoms. The van der Waals surface area contributed by atoms with Gasteiger partial charge >= 0.3 is 5.97 Å². The average molecular weight is 421 g/mol. The number of hydrogen-bond donors (Lipinski definition) is 1. The molecule has 30 heavy (non-hydrogen) atoms. The van der Waals surface area contributed by atoms with Crippen molar-refractivity contribution < 1.29 is 9.90 Å². The number of rotatable bonds is 6. The fourth-order valence-corrected chi connectivity index (χ4v) is 3.81. The molecule has 1 N–H and O–H groups in total. The number of carbonyl (C=O) groups is 1. The maximum atomic E-state index is 11.6. The molecule has 2 heterocycles. The van der Waals surface area contributed by atoms with Crippen LogP contribution < -0.4 is 0 Å². The second-order valence-electron chi connectivity index (χ2n) is 7.10. The maximum absolute atomic E-state index is 11.6. The van der Waals surface area contributed by atoms with Gasteiger partial charge in [0.05, 0.1) is 5.56 Å². The third kappa shape index (κ3) is 3.66. The predicted molar refractivity (Wildman–Crippen MR) is 117 cm³/mol. The van der Waals surface area contributed by atoms with Gasteiger partial charge in [0, 0.05) is 12.1 Å². The Balaban J connectivity index is 1.84. The van der Waals surface area contributed by atoms with E-state index in [1.807, 2.05) is 41.0 Å². The molecular formula is C23H21ClN4O2. The number of aromatic nitrogens is 4. The van der Waals surface area contributed by atoms with Crippen molar-refractivity contribution in [1.82, 2.24) is 19.5 Å². The number of benzene rings is 2. The van der Waals surface area contributed by atoms with Gasteiger partial charge in [0.2, 0.25) is 0 Å². The van der Waals surface area contributed by atoms with Crippen LogP contribution in [-0.4, -0.2) is 30.6 Å². The molecule has 4 rings (SSSR count). The first-order valence-corrected chi connectivity index (χ1v) is 10.2. The fourth-order valence-electron chi connectivity index (χ4n) is 3.56. The lowest BCUT2D eigenvalue weighted by atomic mass is 9.99. The van der Waals surface area contributed by atoms with Gasteiger partial charge in [-0.25, -0.2) is 19.7 Å². The summed E-state index contributed by atoms with van der Waals surface area (Å²) in [5.41, 5.74) is 3.96. The van der Waals surface area contributed by atoms with Gasteiger partial charge < -0.3 is 5.11 Å². The molecule has 0 radical (unpaired) electrons. The van der Waals surface area contributed by atoms with Crippen LogP contribution in [0.15, 0.2) is 48.5 Å². The molecule has 0 unspecified atom stereocenters. The quantitative estimate of drug-likeness (QED) is 0.417. The van der Waals surface area contributed by atoms with E-state index < -0.39 is 5.97 Å². The van der Waals surface area contributed by atoms with Crippen molar-refractivity contribution in [3.63, 3.8) is 0 Å². The van der Waals surface area contributed by atoms with Crippen LogP contribution in [0.25, 0.3) is 28.0 Å². The summed E-state index contributed by atoms with van der Waals surface area (Å²) in [6.07, 6.45) is 2.84. The first-order chi connectivity index (χ1) is 14.5. The molecule has 0 amide bonds. The highest BCUT2D eigenvalue weighted by Gasteiger charge is 2.18. The highest BCUT2D eigenvalue weighted by molar-refractivity contribution is 6.33. The molecule has 4 aromatic rings. The summed E-state index contributed by atoms with van der Waals surface area (Å²) >= 11 is 6.34. The number of halogens is 1. The van der Waals surface area contributed by atoms with Crippen LogP contribution in [0.5, 0.6) is 0 Å². The van der Waals surface area contributed by atoms with E-state index in [1.54, 1.807) is 19.1 Å². The Morgan fingerprint density at radius 1 is 1.07 bits per heavy atom. The van der Waals surface area contributed by atoms with Crippen LogP contribution in [0, 0.1) is 6.92 Å². The molecular weight excluding hydrogens is 400 g/mol. The Morgan fingerprint density at radius 2 is 1.80 bits per heavy atom. The number of nitrogens with zero attached hydrogens (tertiary/aromatic N) is 4. The van der Waals surface area contributed by atoms with Gasteiger partial charge in [0.15, 0.2) is 10.8 Å². The molecule has 152 valence electrons. The predicted octanol–water partition coefficient (Wildman–Crippen LogP) is 5.49. The van der Waals surface area contributed by atoms with Crippen LogP contribution in [0.1, 0.15) is 41.8 Å². The molecule has 6 nitrogen and oxygen atoms in total. The zero-order chi connectivity index (χ0) is 21.3. The number of fused-ring (bicyclic) bond motifs is 1. The zero-order valence-electron chi connectivity index (χ0n) is 16.8. The summed E-state index contributed by atoms with van der Waals surface area (Å²) in [6.45, 7) is 3.94. The summed E-state index contributed by atoms with van der Waals surface area (Å²) in [5.74, 6) is 0.522. The van der Waals surface area contributed by atoms with E-state index in [1.165, 1.54) is 0 Å². The first-order valence-electron chi connectivity index (χ1n) is 9.84. The van der Waals surface area contributed by atoms with E-state index in [4.69, 9.17) is 16.6 Å². The molecule has 0 saturated heterocycles. The van der Waals surface area contributed by atoms with Gasteiger partial charge in [-0.2, -0.15) is 0 Å². The van der Waals surface area contributed by atoms with Gasteiger partial charge in [-0.05, 0) is 42.7 Å². The van der Waals surface area contributed by atoms with Crippen molar-refractivity contribution in [2.75, 3.05) is 0 Å². The molecule has 0 fully saturated rings. The van der Waals surface area contributed by atoms with Crippen LogP contribution in [0.2, 0.25) is 5.15 Å². The summed E-state index contributed by atoms with van der Waals surface area (Å²) in [5, 5.41) is 9.83. The zero-order valence-corrected chi connectivity index (χ0v) is 17.5. The standard InChI is InChI=1S/C23H21ClN4O2/c1-3-4-9-19-27-20-21(24)25-14(2)26-22(20)28(19)16-12-10-15(11-13-16)17-7-5-6-8-18(17)23(29)30/h5-8,10-13H,3-4,9H2,1-2H3,(H,29,30). The number of aryl methyl sites for hydroxylation is 2. The molecule has 2 aromatic carbocycles. The minimum Gasteiger partial charge on any atom is -0.478 e. The number of hydrogen-bond acceptors (Lipinski definition) is 4. The molecule has 2 aromatic heterocycles. The van der Waals surface area contributed by atoms with E-state index in [9.17, 15) is 9.90 Å². The van der Waals surface area contributed by atoms with Gasteiger partial charge in [-0.3, -0.25) is 4.57 Å². The maximum Gasteiger partial charge on any atom is 0.336 e. The van der Waals surface area contributed by atoms with Crippen molar-refractivity contribution in [3.8, 4) is 16.8 Å². The first kappa shape index (κ1) is 20.0. The van der Waals surface area contributed by atoms with Gasteiger partial charge in [-0.1, -0.05) is 55.3 Å². The third-order valence-corrected chi connectivity index (χ3v) is 5.26. The van der Waals surface area contributed by atoms with Gasteiger partial charge in [-0.15, -0.1) is 0 Å². The van der Waals surface area contributed by atoms with E-state index in [0.717, 1.165) is 36.3 Å². The number of unbranched alkanes of at least 4 members (excludes halogenated alkanes) is 1. The van der Waals surface area contributed by atoms with Crippen LogP contribution in [-0.2, 0) is 6.42 Å². The van der Waals surface area contributed by atoms with Gasteiger partial charge in [0.25, 0.3) is 0 Å². The number of aromatic carboxylic acids is 1. The Kier molecular flexibility index (Phi) is 5.50. The number of carboxylic acids is 1. The summed E-state index contributed by atoms with van der Waals surface area (Å²) < 4.78 is 2.01. The Hall–Kier alpha value is -3.25. The molecule has 7 heteroatoms. The van der Waals surface area contributed by atoms with Gasteiger partial charge in [0.1, 0.15) is 17.2 Å². The van der Waals surface area contributed by atoms with Crippen molar-refractivity contribution in [1.29, 1.82) is 0 Å². The Morgan fingerprint density at radius 3 is 2.50 bits per heavy atom. The van der Waals surface area contributed by atoms with Crippen LogP contribution in [0.4, 0.5) is 0 Å². The van der Waals surface area contributed by atoms with Crippen molar-refractivity contribution in [3.05, 3.63) is 70.9 Å². The second kappa shape index (κ2) is 8.24. The Bertz CT molecular complexity index is 1230. The van der Waals surface area contributed by atoms with Crippen molar-refractivity contribution in [2.24, 2.45) is 0 Å². The third-order valence-electron chi connectivity index (χ3n) is 4.99. The lowest BCUT2D eigenvalue weighted by molar-refractivity contribution is 0.0697. The molecule has 0 atom stereocenters. The van der Waals surface area contributed by atoms with E-state index in [-0.39, 0.29) is 5.56 Å². The van der Waals surface area contributed by atoms with Crippen LogP contribution in [0.3, 0.4) is 0 Å². The van der Waals surface area contributed by atoms with Crippen molar-refractivity contribution >= 4 is 28.7 Å². The Labute approximate surface area is 179 Å². The minimum atomic E-state index is -0.945. The fraction of sp³-hybridized carbons (Fsp3) is 0.217. The van der Waals surface area contributed by atoms with E-state index in [2.05, 4.69) is 16.9 Å². The summed E-state index contributed by atoms with van der Waals surface area (Å²) in [7, 11) is 0. The summed E-state index contributed by atoms with van der Waals surface area (Å²) in [6, 6.07) is 14.7. The normalized spacial score (nSPS) is 11.2. The molecule has 0 bridgehead atoms. The average Bonchev–Trinajstić information content (AvgIpc) is 3.11. The van der Waals surface area contributed by atoms with Crippen molar-refractivity contribution in [2.45, 2.75) is 33.1 Å². The van der Waals surface area contributed by atoms with Crippen LogP contribution >= 0.6 is 11.6 Å². The minimum absolute atomic E-state index is 0.275. The molecule has 0 saturated carbocycles. The molecule has 0 aliphatic carbocycles. The largest absolute Gasteiger partial charge is 0.478 e. The smallest absolute Gasteiger partial charge is 0.336 e. The highest BCUT2D eigenvalue weighted by Crippen LogP contribution is 2.29. The lowest BCUT2D eigenvalue weighted by Gasteiger charge is -2.11.